The maximum absolute atomic E-state index is 13.4. The highest BCUT2D eigenvalue weighted by Gasteiger charge is 2.32. The van der Waals surface area contributed by atoms with E-state index in [1.54, 1.807) is 12.5 Å². The maximum Gasteiger partial charge on any atom is 0.259 e. The summed E-state index contributed by atoms with van der Waals surface area (Å²) < 4.78 is 5.41. The van der Waals surface area contributed by atoms with Gasteiger partial charge in [-0.15, -0.1) is 0 Å². The van der Waals surface area contributed by atoms with Crippen LogP contribution in [0.4, 0.5) is 5.82 Å². The third-order valence-electron chi connectivity index (χ3n) is 5.08. The summed E-state index contributed by atoms with van der Waals surface area (Å²) >= 11 is 0. The maximum atomic E-state index is 13.4. The Kier molecular flexibility index (Phi) is 6.06. The SMILES string of the molecule is CC(C)CC1CCCN1C(=O)c1cnc(C(C)(C)C)nc1NCc1ccco1. The number of anilines is 1. The second kappa shape index (κ2) is 8.33. The van der Waals surface area contributed by atoms with Crippen molar-refractivity contribution in [1.29, 1.82) is 0 Å². The van der Waals surface area contributed by atoms with Crippen molar-refractivity contribution in [2.75, 3.05) is 11.9 Å². The van der Waals surface area contributed by atoms with Crippen molar-refractivity contribution in [3.05, 3.63) is 41.7 Å². The van der Waals surface area contributed by atoms with Crippen molar-refractivity contribution in [3.8, 4) is 0 Å². The molecular weight excluding hydrogens is 352 g/mol. The first-order chi connectivity index (χ1) is 13.3. The quantitative estimate of drug-likeness (QED) is 0.786. The van der Waals surface area contributed by atoms with Gasteiger partial charge in [0.1, 0.15) is 23.0 Å². The molecule has 0 aromatic carbocycles. The van der Waals surface area contributed by atoms with E-state index in [0.717, 1.165) is 31.6 Å². The monoisotopic (exact) mass is 384 g/mol. The first-order valence-electron chi connectivity index (χ1n) is 10.2. The molecule has 28 heavy (non-hydrogen) atoms. The van der Waals surface area contributed by atoms with Crippen molar-refractivity contribution in [2.24, 2.45) is 5.92 Å². The molecule has 6 nitrogen and oxygen atoms in total. The lowest BCUT2D eigenvalue weighted by Gasteiger charge is -2.27. The van der Waals surface area contributed by atoms with E-state index >= 15 is 0 Å². The minimum absolute atomic E-state index is 0.0190. The number of amides is 1. The molecule has 0 spiro atoms. The lowest BCUT2D eigenvalue weighted by atomic mass is 9.95. The van der Waals surface area contributed by atoms with Crippen LogP contribution in [-0.2, 0) is 12.0 Å². The second-order valence-corrected chi connectivity index (χ2v) is 9.06. The van der Waals surface area contributed by atoms with Gasteiger partial charge in [-0.05, 0) is 37.3 Å². The molecule has 152 valence electrons. The van der Waals surface area contributed by atoms with Crippen LogP contribution < -0.4 is 5.32 Å². The van der Waals surface area contributed by atoms with Gasteiger partial charge in [-0.25, -0.2) is 9.97 Å². The number of hydrogen-bond donors (Lipinski definition) is 1. The fourth-order valence-electron chi connectivity index (χ4n) is 3.67. The fourth-order valence-corrected chi connectivity index (χ4v) is 3.67. The number of likely N-dealkylation sites (tertiary alicyclic amines) is 1. The van der Waals surface area contributed by atoms with Gasteiger partial charge in [0, 0.05) is 24.2 Å². The Labute approximate surface area is 167 Å². The van der Waals surface area contributed by atoms with Gasteiger partial charge < -0.3 is 14.6 Å². The van der Waals surface area contributed by atoms with Gasteiger partial charge in [0.05, 0.1) is 12.8 Å². The largest absolute Gasteiger partial charge is 0.467 e. The molecule has 1 aliphatic heterocycles. The number of aromatic nitrogens is 2. The van der Waals surface area contributed by atoms with Crippen molar-refractivity contribution in [2.45, 2.75) is 71.9 Å². The number of carbonyl (C=O) groups excluding carboxylic acids is 1. The Balaban J connectivity index is 1.88. The Morgan fingerprint density at radius 3 is 2.82 bits per heavy atom. The molecule has 1 saturated heterocycles. The van der Waals surface area contributed by atoms with E-state index in [-0.39, 0.29) is 11.3 Å². The summed E-state index contributed by atoms with van der Waals surface area (Å²) in [5.74, 6) is 2.68. The smallest absolute Gasteiger partial charge is 0.259 e. The molecule has 0 radical (unpaired) electrons. The molecule has 3 rings (SSSR count). The van der Waals surface area contributed by atoms with Gasteiger partial charge in [-0.3, -0.25) is 4.79 Å². The molecule has 2 aromatic rings. The van der Waals surface area contributed by atoms with Gasteiger partial charge in [0.15, 0.2) is 0 Å². The van der Waals surface area contributed by atoms with Crippen LogP contribution in [0.5, 0.6) is 0 Å². The summed E-state index contributed by atoms with van der Waals surface area (Å²) in [4.78, 5) is 24.6. The number of carbonyl (C=O) groups is 1. The minimum atomic E-state index is -0.198. The van der Waals surface area contributed by atoms with Crippen molar-refractivity contribution < 1.29 is 9.21 Å². The van der Waals surface area contributed by atoms with E-state index in [1.165, 1.54) is 0 Å². The average molecular weight is 385 g/mol. The van der Waals surface area contributed by atoms with Crippen molar-refractivity contribution in [3.63, 3.8) is 0 Å². The Morgan fingerprint density at radius 2 is 2.18 bits per heavy atom. The topological polar surface area (TPSA) is 71.3 Å². The van der Waals surface area contributed by atoms with Gasteiger partial charge in [-0.1, -0.05) is 34.6 Å². The van der Waals surface area contributed by atoms with E-state index in [0.29, 0.717) is 35.7 Å². The zero-order valence-electron chi connectivity index (χ0n) is 17.7. The lowest BCUT2D eigenvalue weighted by Crippen LogP contribution is -2.37. The molecule has 6 heteroatoms. The highest BCUT2D eigenvalue weighted by molar-refractivity contribution is 5.98. The van der Waals surface area contributed by atoms with Crippen LogP contribution in [0.25, 0.3) is 0 Å². The molecule has 3 heterocycles. The summed E-state index contributed by atoms with van der Waals surface area (Å²) in [7, 11) is 0. The molecule has 1 atom stereocenters. The summed E-state index contributed by atoms with van der Waals surface area (Å²) in [5.41, 5.74) is 0.339. The van der Waals surface area contributed by atoms with Crippen LogP contribution in [0.15, 0.2) is 29.0 Å². The van der Waals surface area contributed by atoms with Gasteiger partial charge in [0.2, 0.25) is 0 Å². The fraction of sp³-hybridized carbons (Fsp3) is 0.591. The zero-order chi connectivity index (χ0) is 20.3. The Bertz CT molecular complexity index is 793. The first kappa shape index (κ1) is 20.4. The zero-order valence-corrected chi connectivity index (χ0v) is 17.7. The summed E-state index contributed by atoms with van der Waals surface area (Å²) in [6.45, 7) is 11.9. The first-order valence-corrected chi connectivity index (χ1v) is 10.2. The Morgan fingerprint density at radius 1 is 1.39 bits per heavy atom. The molecule has 1 aliphatic rings. The summed E-state index contributed by atoms with van der Waals surface area (Å²) in [6.07, 6.45) is 6.48. The molecule has 1 unspecified atom stereocenters. The van der Waals surface area contributed by atoms with Crippen LogP contribution in [0.1, 0.15) is 75.8 Å². The predicted molar refractivity (Wildman–Crippen MR) is 110 cm³/mol. The molecule has 1 amide bonds. The van der Waals surface area contributed by atoms with Gasteiger partial charge in [0.25, 0.3) is 5.91 Å². The van der Waals surface area contributed by atoms with Crippen LogP contribution >= 0.6 is 0 Å². The Hall–Kier alpha value is -2.37. The van der Waals surface area contributed by atoms with Crippen LogP contribution in [0.2, 0.25) is 0 Å². The molecule has 2 aromatic heterocycles. The van der Waals surface area contributed by atoms with E-state index in [2.05, 4.69) is 44.9 Å². The van der Waals surface area contributed by atoms with Gasteiger partial charge >= 0.3 is 0 Å². The summed E-state index contributed by atoms with van der Waals surface area (Å²) in [5, 5.41) is 3.30. The van der Waals surface area contributed by atoms with Crippen molar-refractivity contribution in [1.82, 2.24) is 14.9 Å². The van der Waals surface area contributed by atoms with E-state index in [9.17, 15) is 4.79 Å². The van der Waals surface area contributed by atoms with Crippen LogP contribution in [-0.4, -0.2) is 33.4 Å². The number of furan rings is 1. The molecule has 1 N–H and O–H groups in total. The molecule has 1 fully saturated rings. The third kappa shape index (κ3) is 4.72. The number of hydrogen-bond acceptors (Lipinski definition) is 5. The second-order valence-electron chi connectivity index (χ2n) is 9.06. The summed E-state index contributed by atoms with van der Waals surface area (Å²) in [6, 6.07) is 4.05. The number of rotatable bonds is 6. The van der Waals surface area contributed by atoms with Gasteiger partial charge in [-0.2, -0.15) is 0 Å². The van der Waals surface area contributed by atoms with Crippen molar-refractivity contribution >= 4 is 11.7 Å². The number of nitrogens with one attached hydrogen (secondary N) is 1. The van der Waals surface area contributed by atoms with E-state index < -0.39 is 0 Å². The normalized spacial score (nSPS) is 17.4. The molecule has 0 bridgehead atoms. The highest BCUT2D eigenvalue weighted by Crippen LogP contribution is 2.28. The number of nitrogens with zero attached hydrogens (tertiary/aromatic N) is 3. The predicted octanol–water partition coefficient (Wildman–Crippen LogP) is 4.63. The third-order valence-corrected chi connectivity index (χ3v) is 5.08. The molecule has 0 saturated carbocycles. The van der Waals surface area contributed by atoms with E-state index in [4.69, 9.17) is 9.40 Å². The average Bonchev–Trinajstić information content (AvgIpc) is 3.29. The van der Waals surface area contributed by atoms with E-state index in [1.807, 2.05) is 17.0 Å². The highest BCUT2D eigenvalue weighted by atomic mass is 16.3. The molecular formula is C22H32N4O2. The van der Waals surface area contributed by atoms with Crippen LogP contribution in [0, 0.1) is 5.92 Å². The van der Waals surface area contributed by atoms with Crippen LogP contribution in [0.3, 0.4) is 0 Å². The standard InChI is InChI=1S/C22H32N4O2/c1-15(2)12-16-8-6-10-26(16)20(27)18-14-24-21(22(3,4)5)25-19(18)23-13-17-9-7-11-28-17/h7,9,11,14-16H,6,8,10,12-13H2,1-5H3,(H,23,24,25). The lowest BCUT2D eigenvalue weighted by molar-refractivity contribution is 0.0722. The molecule has 0 aliphatic carbocycles. The minimum Gasteiger partial charge on any atom is -0.467 e.